The van der Waals surface area contributed by atoms with Gasteiger partial charge in [0.1, 0.15) is 5.78 Å². The zero-order valence-corrected chi connectivity index (χ0v) is 6.54. The molecule has 1 aliphatic carbocycles. The molecule has 0 aliphatic heterocycles. The quantitative estimate of drug-likeness (QED) is 0.665. The van der Waals surface area contributed by atoms with Crippen molar-refractivity contribution in [2.45, 2.75) is 26.2 Å². The van der Waals surface area contributed by atoms with E-state index in [0.29, 0.717) is 12.8 Å². The van der Waals surface area contributed by atoms with E-state index in [0.717, 1.165) is 6.42 Å². The molecule has 0 heterocycles. The Labute approximate surface area is 65.4 Å². The third-order valence-corrected chi connectivity index (χ3v) is 2.35. The van der Waals surface area contributed by atoms with Crippen molar-refractivity contribution in [1.82, 2.24) is 0 Å². The summed E-state index contributed by atoms with van der Waals surface area (Å²) in [5.74, 6) is -1.29. The van der Waals surface area contributed by atoms with Crippen LogP contribution in [0.1, 0.15) is 26.2 Å². The van der Waals surface area contributed by atoms with Crippen molar-refractivity contribution in [1.29, 1.82) is 0 Å². The van der Waals surface area contributed by atoms with Gasteiger partial charge in [0.2, 0.25) is 0 Å². The van der Waals surface area contributed by atoms with Gasteiger partial charge in [-0.05, 0) is 12.8 Å². The molecule has 1 fully saturated rings. The van der Waals surface area contributed by atoms with Crippen molar-refractivity contribution in [2.24, 2.45) is 11.8 Å². The maximum absolute atomic E-state index is 11.0. The minimum atomic E-state index is -0.817. The van der Waals surface area contributed by atoms with E-state index >= 15 is 0 Å². The fourth-order valence-corrected chi connectivity index (χ4v) is 1.44. The van der Waals surface area contributed by atoms with Gasteiger partial charge in [0.25, 0.3) is 0 Å². The van der Waals surface area contributed by atoms with Gasteiger partial charge in [-0.3, -0.25) is 9.59 Å². The van der Waals surface area contributed by atoms with Crippen LogP contribution in [-0.2, 0) is 9.59 Å². The van der Waals surface area contributed by atoms with Crippen LogP contribution in [0, 0.1) is 11.8 Å². The van der Waals surface area contributed by atoms with Gasteiger partial charge in [-0.25, -0.2) is 0 Å². The zero-order valence-electron chi connectivity index (χ0n) is 6.54. The Bertz CT molecular complexity index is 186. The second kappa shape index (κ2) is 3.03. The summed E-state index contributed by atoms with van der Waals surface area (Å²) in [6.45, 7) is 1.78. The first-order valence-electron chi connectivity index (χ1n) is 3.92. The van der Waals surface area contributed by atoms with Crippen molar-refractivity contribution in [3.8, 4) is 0 Å². The highest BCUT2D eigenvalue weighted by Crippen LogP contribution is 2.35. The molecule has 62 valence electrons. The van der Waals surface area contributed by atoms with Crippen LogP contribution >= 0.6 is 0 Å². The second-order valence-electron chi connectivity index (χ2n) is 2.95. The van der Waals surface area contributed by atoms with E-state index in [1.807, 2.05) is 0 Å². The van der Waals surface area contributed by atoms with E-state index in [1.54, 1.807) is 6.92 Å². The molecule has 0 unspecified atom stereocenters. The highest BCUT2D eigenvalue weighted by Gasteiger charge is 2.40. The number of carbonyl (C=O) groups is 2. The topological polar surface area (TPSA) is 54.4 Å². The molecule has 0 radical (unpaired) electrons. The van der Waals surface area contributed by atoms with Gasteiger partial charge in [-0.2, -0.15) is 0 Å². The molecule has 3 nitrogen and oxygen atoms in total. The summed E-state index contributed by atoms with van der Waals surface area (Å²) in [5, 5.41) is 8.60. The molecule has 2 atom stereocenters. The highest BCUT2D eigenvalue weighted by molar-refractivity contribution is 5.87. The molecule has 0 amide bonds. The number of carbonyl (C=O) groups excluding carboxylic acids is 1. The standard InChI is InChI=1S/C8H12O3/c1-2-7(9)5-3-4-6(5)8(10)11/h5-6H,2-4H2,1H3,(H,10,11)/t5-,6+/m1/s1. The normalized spacial score (nSPS) is 29.2. The van der Waals surface area contributed by atoms with E-state index in [9.17, 15) is 9.59 Å². The Balaban J connectivity index is 2.49. The van der Waals surface area contributed by atoms with E-state index in [4.69, 9.17) is 5.11 Å². The van der Waals surface area contributed by atoms with Gasteiger partial charge in [0.05, 0.1) is 5.92 Å². The molecule has 1 aliphatic rings. The van der Waals surface area contributed by atoms with E-state index < -0.39 is 5.97 Å². The summed E-state index contributed by atoms with van der Waals surface area (Å²) in [7, 11) is 0. The predicted octanol–water partition coefficient (Wildman–Crippen LogP) is 1.08. The maximum atomic E-state index is 11.0. The van der Waals surface area contributed by atoms with Crippen molar-refractivity contribution in [3.63, 3.8) is 0 Å². The molecule has 3 heteroatoms. The van der Waals surface area contributed by atoms with Crippen LogP contribution in [0.2, 0.25) is 0 Å². The molecule has 11 heavy (non-hydrogen) atoms. The van der Waals surface area contributed by atoms with Gasteiger partial charge in [-0.15, -0.1) is 0 Å². The summed E-state index contributed by atoms with van der Waals surface area (Å²) < 4.78 is 0. The highest BCUT2D eigenvalue weighted by atomic mass is 16.4. The Morgan fingerprint density at radius 1 is 1.36 bits per heavy atom. The van der Waals surface area contributed by atoms with E-state index in [2.05, 4.69) is 0 Å². The number of carboxylic acid groups (broad SMARTS) is 1. The number of Topliss-reactive ketones (excluding diaryl/α,β-unsaturated/α-hetero) is 1. The Hall–Kier alpha value is -0.860. The van der Waals surface area contributed by atoms with Crippen LogP contribution < -0.4 is 0 Å². The van der Waals surface area contributed by atoms with Crippen LogP contribution in [0.4, 0.5) is 0 Å². The Morgan fingerprint density at radius 2 is 1.91 bits per heavy atom. The first-order valence-corrected chi connectivity index (χ1v) is 3.92. The number of rotatable bonds is 3. The van der Waals surface area contributed by atoms with Gasteiger partial charge in [-0.1, -0.05) is 6.92 Å². The zero-order chi connectivity index (χ0) is 8.43. The summed E-state index contributed by atoms with van der Waals surface area (Å²) >= 11 is 0. The fourth-order valence-electron chi connectivity index (χ4n) is 1.44. The molecule has 1 saturated carbocycles. The van der Waals surface area contributed by atoms with Crippen LogP contribution in [0.5, 0.6) is 0 Å². The number of hydrogen-bond donors (Lipinski definition) is 1. The molecule has 0 aromatic carbocycles. The van der Waals surface area contributed by atoms with E-state index in [1.165, 1.54) is 0 Å². The Morgan fingerprint density at radius 3 is 2.18 bits per heavy atom. The van der Waals surface area contributed by atoms with Gasteiger partial charge >= 0.3 is 5.97 Å². The lowest BCUT2D eigenvalue weighted by atomic mass is 9.71. The molecule has 1 N–H and O–H groups in total. The van der Waals surface area contributed by atoms with Crippen molar-refractivity contribution < 1.29 is 14.7 Å². The fraction of sp³-hybridized carbons (Fsp3) is 0.750. The minimum Gasteiger partial charge on any atom is -0.481 e. The molecule has 0 spiro atoms. The first kappa shape index (κ1) is 8.24. The SMILES string of the molecule is CCC(=O)[C@@H]1CC[C@@H]1C(=O)O. The lowest BCUT2D eigenvalue weighted by Gasteiger charge is -2.31. The predicted molar refractivity (Wildman–Crippen MR) is 39.1 cm³/mol. The first-order chi connectivity index (χ1) is 5.16. The number of hydrogen-bond acceptors (Lipinski definition) is 2. The lowest BCUT2D eigenvalue weighted by molar-refractivity contribution is -0.152. The summed E-state index contributed by atoms with van der Waals surface area (Å²) in [6, 6.07) is 0. The maximum Gasteiger partial charge on any atom is 0.307 e. The molecule has 0 saturated heterocycles. The molecule has 0 bridgehead atoms. The van der Waals surface area contributed by atoms with Crippen LogP contribution in [0.15, 0.2) is 0 Å². The smallest absolute Gasteiger partial charge is 0.307 e. The van der Waals surface area contributed by atoms with Crippen molar-refractivity contribution in [3.05, 3.63) is 0 Å². The molecule has 0 aromatic rings. The molecular formula is C8H12O3. The largest absolute Gasteiger partial charge is 0.481 e. The average molecular weight is 156 g/mol. The monoisotopic (exact) mass is 156 g/mol. The van der Waals surface area contributed by atoms with Gasteiger partial charge in [0.15, 0.2) is 0 Å². The lowest BCUT2D eigenvalue weighted by Crippen LogP contribution is -2.37. The Kier molecular flexibility index (Phi) is 2.27. The van der Waals surface area contributed by atoms with Gasteiger partial charge in [0, 0.05) is 12.3 Å². The summed E-state index contributed by atoms with van der Waals surface area (Å²) in [4.78, 5) is 21.5. The van der Waals surface area contributed by atoms with Crippen molar-refractivity contribution >= 4 is 11.8 Å². The van der Waals surface area contributed by atoms with E-state index in [-0.39, 0.29) is 17.6 Å². The summed E-state index contributed by atoms with van der Waals surface area (Å²) in [5.41, 5.74) is 0. The third-order valence-electron chi connectivity index (χ3n) is 2.35. The number of aliphatic carboxylic acids is 1. The van der Waals surface area contributed by atoms with Crippen molar-refractivity contribution in [2.75, 3.05) is 0 Å². The minimum absolute atomic E-state index is 0.101. The van der Waals surface area contributed by atoms with Crippen LogP contribution in [-0.4, -0.2) is 16.9 Å². The second-order valence-corrected chi connectivity index (χ2v) is 2.95. The van der Waals surface area contributed by atoms with Crippen LogP contribution in [0.3, 0.4) is 0 Å². The summed E-state index contributed by atoms with van der Waals surface area (Å²) in [6.07, 6.45) is 1.91. The molecule has 0 aromatic heterocycles. The third kappa shape index (κ3) is 1.42. The number of carboxylic acids is 1. The molecule has 1 rings (SSSR count). The number of ketones is 1. The molecular weight excluding hydrogens is 144 g/mol. The van der Waals surface area contributed by atoms with Gasteiger partial charge < -0.3 is 5.11 Å². The average Bonchev–Trinajstić information content (AvgIpc) is 1.83. The van der Waals surface area contributed by atoms with Crippen LogP contribution in [0.25, 0.3) is 0 Å².